The monoisotopic (exact) mass is 141 g/mol. The second-order valence-electron chi connectivity index (χ2n) is 2.64. The lowest BCUT2D eigenvalue weighted by molar-refractivity contribution is 0.831. The van der Waals surface area contributed by atoms with E-state index in [9.17, 15) is 0 Å². The molecule has 0 aromatic carbocycles. The number of aliphatic imine (C=N–C) groups is 2. The summed E-state index contributed by atoms with van der Waals surface area (Å²) >= 11 is 0. The van der Waals surface area contributed by atoms with Gasteiger partial charge in [0.25, 0.3) is 0 Å². The van der Waals surface area contributed by atoms with Gasteiger partial charge in [0.2, 0.25) is 5.96 Å². The predicted molar refractivity (Wildman–Crippen MR) is 45.5 cm³/mol. The largest absolute Gasteiger partial charge is 0.368 e. The molecule has 10 heavy (non-hydrogen) atoms. The van der Waals surface area contributed by atoms with E-state index in [1.54, 1.807) is 0 Å². The average Bonchev–Trinajstić information content (AvgIpc) is 1.58. The number of hydrogen-bond acceptors (Lipinski definition) is 1. The lowest BCUT2D eigenvalue weighted by atomic mass is 10.4. The fraction of sp³-hybridized carbons (Fsp3) is 0.714. The molecule has 2 N–H and O–H groups in total. The van der Waals surface area contributed by atoms with Crippen molar-refractivity contribution in [3.63, 3.8) is 0 Å². The molecule has 0 fully saturated rings. The van der Waals surface area contributed by atoms with Crippen molar-refractivity contribution in [2.45, 2.75) is 33.7 Å². The summed E-state index contributed by atoms with van der Waals surface area (Å²) in [6, 6.07) is 0.225. The van der Waals surface area contributed by atoms with E-state index in [1.807, 2.05) is 27.7 Å². The number of hydrogen-bond donors (Lipinski definition) is 1. The SMILES string of the molecule is CC(C)=NC(N)=NC(C)C. The van der Waals surface area contributed by atoms with Gasteiger partial charge in [-0.25, -0.2) is 9.98 Å². The third-order valence-electron chi connectivity index (χ3n) is 0.729. The molecule has 0 unspecified atom stereocenters. The molecule has 0 rings (SSSR count). The smallest absolute Gasteiger partial charge is 0.215 e. The molecular formula is C7H15N3. The van der Waals surface area contributed by atoms with Crippen molar-refractivity contribution in [2.24, 2.45) is 15.7 Å². The van der Waals surface area contributed by atoms with Crippen LogP contribution < -0.4 is 5.73 Å². The first-order chi connectivity index (χ1) is 4.52. The maximum Gasteiger partial charge on any atom is 0.215 e. The van der Waals surface area contributed by atoms with Crippen LogP contribution in [-0.4, -0.2) is 17.7 Å². The van der Waals surface area contributed by atoms with E-state index < -0.39 is 0 Å². The van der Waals surface area contributed by atoms with Crippen LogP contribution in [0.1, 0.15) is 27.7 Å². The van der Waals surface area contributed by atoms with Gasteiger partial charge in [0, 0.05) is 11.8 Å². The number of nitrogens with zero attached hydrogens (tertiary/aromatic N) is 2. The minimum absolute atomic E-state index is 0.225. The standard InChI is InChI=1S/C7H15N3/c1-5(2)9-7(8)10-6(3)4/h5H,1-4H3,(H2,8,9). The minimum Gasteiger partial charge on any atom is -0.368 e. The summed E-state index contributed by atoms with van der Waals surface area (Å²) in [6.45, 7) is 7.71. The number of guanidine groups is 1. The van der Waals surface area contributed by atoms with Crippen molar-refractivity contribution in [3.05, 3.63) is 0 Å². The van der Waals surface area contributed by atoms with Crippen molar-refractivity contribution < 1.29 is 0 Å². The van der Waals surface area contributed by atoms with Crippen molar-refractivity contribution in [1.82, 2.24) is 0 Å². The summed E-state index contributed by atoms with van der Waals surface area (Å²) in [7, 11) is 0. The first-order valence-electron chi connectivity index (χ1n) is 3.37. The van der Waals surface area contributed by atoms with Gasteiger partial charge in [-0.2, -0.15) is 0 Å². The van der Waals surface area contributed by atoms with Crippen LogP contribution in [0.3, 0.4) is 0 Å². The number of rotatable bonds is 1. The van der Waals surface area contributed by atoms with Crippen molar-refractivity contribution >= 4 is 11.7 Å². The maximum absolute atomic E-state index is 5.44. The molecule has 0 radical (unpaired) electrons. The van der Waals surface area contributed by atoms with Gasteiger partial charge in [0.1, 0.15) is 0 Å². The third kappa shape index (κ3) is 5.28. The molecule has 0 aliphatic rings. The molecule has 0 bridgehead atoms. The van der Waals surface area contributed by atoms with Crippen LogP contribution in [0, 0.1) is 0 Å². The van der Waals surface area contributed by atoms with Crippen LogP contribution in [0.5, 0.6) is 0 Å². The van der Waals surface area contributed by atoms with E-state index in [4.69, 9.17) is 5.73 Å². The zero-order valence-corrected chi connectivity index (χ0v) is 7.05. The van der Waals surface area contributed by atoms with Gasteiger partial charge in [-0.3, -0.25) is 0 Å². The minimum atomic E-state index is 0.225. The Morgan fingerprint density at radius 2 is 1.80 bits per heavy atom. The van der Waals surface area contributed by atoms with Gasteiger partial charge in [0.05, 0.1) is 0 Å². The first kappa shape index (κ1) is 9.14. The Morgan fingerprint density at radius 3 is 2.10 bits per heavy atom. The molecule has 0 amide bonds. The Kier molecular flexibility index (Phi) is 3.69. The zero-order valence-electron chi connectivity index (χ0n) is 7.05. The summed E-state index contributed by atoms with van der Waals surface area (Å²) in [6.07, 6.45) is 0. The second-order valence-corrected chi connectivity index (χ2v) is 2.64. The van der Waals surface area contributed by atoms with Crippen LogP contribution in [0.2, 0.25) is 0 Å². The highest BCUT2D eigenvalue weighted by Gasteiger charge is 1.89. The van der Waals surface area contributed by atoms with Gasteiger partial charge < -0.3 is 5.73 Å². The average molecular weight is 141 g/mol. The molecule has 3 nitrogen and oxygen atoms in total. The summed E-state index contributed by atoms with van der Waals surface area (Å²) in [4.78, 5) is 7.99. The Morgan fingerprint density at radius 1 is 1.30 bits per heavy atom. The molecule has 0 aromatic rings. The number of nitrogens with two attached hydrogens (primary N) is 1. The molecule has 0 aliphatic heterocycles. The van der Waals surface area contributed by atoms with Gasteiger partial charge in [-0.05, 0) is 27.7 Å². The van der Waals surface area contributed by atoms with E-state index in [1.165, 1.54) is 0 Å². The summed E-state index contributed by atoms with van der Waals surface area (Å²) in [5.41, 5.74) is 6.37. The van der Waals surface area contributed by atoms with Crippen LogP contribution in [0.4, 0.5) is 0 Å². The Bertz CT molecular complexity index is 152. The van der Waals surface area contributed by atoms with E-state index in [2.05, 4.69) is 9.98 Å². The Hall–Kier alpha value is -0.860. The molecule has 58 valence electrons. The van der Waals surface area contributed by atoms with Gasteiger partial charge in [-0.15, -0.1) is 0 Å². The lowest BCUT2D eigenvalue weighted by Crippen LogP contribution is -2.12. The lowest BCUT2D eigenvalue weighted by Gasteiger charge is -1.96. The summed E-state index contributed by atoms with van der Waals surface area (Å²) < 4.78 is 0. The second kappa shape index (κ2) is 4.04. The quantitative estimate of drug-likeness (QED) is 0.433. The van der Waals surface area contributed by atoms with Crippen molar-refractivity contribution in [3.8, 4) is 0 Å². The van der Waals surface area contributed by atoms with E-state index >= 15 is 0 Å². The van der Waals surface area contributed by atoms with Gasteiger partial charge >= 0.3 is 0 Å². The normalized spacial score (nSPS) is 11.9. The molecule has 0 aromatic heterocycles. The van der Waals surface area contributed by atoms with Gasteiger partial charge in [-0.1, -0.05) is 0 Å². The molecular weight excluding hydrogens is 126 g/mol. The Labute approximate surface area is 62.1 Å². The van der Waals surface area contributed by atoms with E-state index in [0.29, 0.717) is 5.96 Å². The molecule has 0 saturated carbocycles. The molecule has 0 spiro atoms. The molecule has 3 heteroatoms. The predicted octanol–water partition coefficient (Wildman–Crippen LogP) is 1.19. The van der Waals surface area contributed by atoms with E-state index in [0.717, 1.165) is 5.71 Å². The highest BCUT2D eigenvalue weighted by molar-refractivity contribution is 5.93. The van der Waals surface area contributed by atoms with Crippen LogP contribution in [0.25, 0.3) is 0 Å². The molecule has 0 aliphatic carbocycles. The van der Waals surface area contributed by atoms with Crippen LogP contribution in [-0.2, 0) is 0 Å². The molecule has 0 atom stereocenters. The molecule has 0 saturated heterocycles. The van der Waals surface area contributed by atoms with E-state index in [-0.39, 0.29) is 6.04 Å². The highest BCUT2D eigenvalue weighted by atomic mass is 15.0. The highest BCUT2D eigenvalue weighted by Crippen LogP contribution is 1.86. The Balaban J connectivity index is 4.08. The molecule has 0 heterocycles. The fourth-order valence-electron chi connectivity index (χ4n) is 0.523. The summed E-state index contributed by atoms with van der Waals surface area (Å²) in [5, 5.41) is 0. The zero-order chi connectivity index (χ0) is 8.15. The topological polar surface area (TPSA) is 50.7 Å². The summed E-state index contributed by atoms with van der Waals surface area (Å²) in [5.74, 6) is 0.370. The van der Waals surface area contributed by atoms with Crippen LogP contribution >= 0.6 is 0 Å². The van der Waals surface area contributed by atoms with Crippen molar-refractivity contribution in [2.75, 3.05) is 0 Å². The van der Waals surface area contributed by atoms with Gasteiger partial charge in [0.15, 0.2) is 0 Å². The van der Waals surface area contributed by atoms with Crippen LogP contribution in [0.15, 0.2) is 9.98 Å². The fourth-order valence-corrected chi connectivity index (χ4v) is 0.523. The maximum atomic E-state index is 5.44. The van der Waals surface area contributed by atoms with Crippen molar-refractivity contribution in [1.29, 1.82) is 0 Å². The third-order valence-corrected chi connectivity index (χ3v) is 0.729. The first-order valence-corrected chi connectivity index (χ1v) is 3.37.